The number of carbonyl (C=O) groups is 1. The SMILES string of the molecule is CCOC(=O)c1ccc(N=Nc2ccc(O)c(C)c2)cc1. The molecule has 21 heavy (non-hydrogen) atoms. The number of phenols is 1. The van der Waals surface area contributed by atoms with Crippen LogP contribution in [0.15, 0.2) is 52.7 Å². The maximum absolute atomic E-state index is 11.5. The molecule has 0 saturated heterocycles. The Morgan fingerprint density at radius 2 is 1.71 bits per heavy atom. The number of benzene rings is 2. The van der Waals surface area contributed by atoms with Crippen molar-refractivity contribution in [3.63, 3.8) is 0 Å². The lowest BCUT2D eigenvalue weighted by Crippen LogP contribution is -2.03. The minimum atomic E-state index is -0.352. The molecule has 108 valence electrons. The van der Waals surface area contributed by atoms with Gasteiger partial charge in [0.25, 0.3) is 0 Å². The summed E-state index contributed by atoms with van der Waals surface area (Å²) in [6, 6.07) is 11.7. The van der Waals surface area contributed by atoms with E-state index in [4.69, 9.17) is 4.74 Å². The van der Waals surface area contributed by atoms with E-state index in [9.17, 15) is 9.90 Å². The molecule has 0 aromatic heterocycles. The van der Waals surface area contributed by atoms with Gasteiger partial charge in [-0.2, -0.15) is 10.2 Å². The molecule has 1 N–H and O–H groups in total. The summed E-state index contributed by atoms with van der Waals surface area (Å²) in [4.78, 5) is 11.5. The second kappa shape index (κ2) is 6.65. The van der Waals surface area contributed by atoms with Crippen LogP contribution in [0.3, 0.4) is 0 Å². The first-order valence-corrected chi connectivity index (χ1v) is 6.58. The van der Waals surface area contributed by atoms with Gasteiger partial charge in [0.2, 0.25) is 0 Å². The number of aryl methyl sites for hydroxylation is 1. The van der Waals surface area contributed by atoms with Gasteiger partial charge in [0, 0.05) is 0 Å². The van der Waals surface area contributed by atoms with Gasteiger partial charge in [-0.1, -0.05) is 0 Å². The summed E-state index contributed by atoms with van der Waals surface area (Å²) in [6.45, 7) is 3.91. The average Bonchev–Trinajstić information content (AvgIpc) is 2.49. The van der Waals surface area contributed by atoms with Gasteiger partial charge in [-0.3, -0.25) is 0 Å². The zero-order chi connectivity index (χ0) is 15.2. The first-order valence-electron chi connectivity index (χ1n) is 6.58. The molecule has 2 aromatic carbocycles. The Hall–Kier alpha value is -2.69. The summed E-state index contributed by atoms with van der Waals surface area (Å²) in [5, 5.41) is 17.6. The predicted octanol–water partition coefficient (Wildman–Crippen LogP) is 4.29. The van der Waals surface area contributed by atoms with Gasteiger partial charge in [-0.05, 0) is 61.9 Å². The molecule has 5 nitrogen and oxygen atoms in total. The van der Waals surface area contributed by atoms with Gasteiger partial charge in [-0.15, -0.1) is 0 Å². The highest BCUT2D eigenvalue weighted by Crippen LogP contribution is 2.24. The molecule has 0 bridgehead atoms. The van der Waals surface area contributed by atoms with E-state index in [-0.39, 0.29) is 11.7 Å². The van der Waals surface area contributed by atoms with Crippen LogP contribution in [-0.2, 0) is 4.74 Å². The Morgan fingerprint density at radius 1 is 1.10 bits per heavy atom. The predicted molar refractivity (Wildman–Crippen MR) is 79.4 cm³/mol. The second-order valence-corrected chi connectivity index (χ2v) is 4.44. The van der Waals surface area contributed by atoms with Crippen molar-refractivity contribution in [2.75, 3.05) is 6.61 Å². The van der Waals surface area contributed by atoms with Crippen LogP contribution in [0, 0.1) is 6.92 Å². The van der Waals surface area contributed by atoms with Gasteiger partial charge in [-0.25, -0.2) is 4.79 Å². The fourth-order valence-electron chi connectivity index (χ4n) is 1.70. The molecule has 2 aromatic rings. The summed E-state index contributed by atoms with van der Waals surface area (Å²) in [6.07, 6.45) is 0. The Morgan fingerprint density at radius 3 is 2.33 bits per heavy atom. The number of aromatic hydroxyl groups is 1. The molecule has 0 aliphatic rings. The third-order valence-corrected chi connectivity index (χ3v) is 2.84. The van der Waals surface area contributed by atoms with Gasteiger partial charge in [0.1, 0.15) is 5.75 Å². The molecule has 0 aliphatic carbocycles. The maximum atomic E-state index is 11.5. The minimum Gasteiger partial charge on any atom is -0.508 e. The first kappa shape index (κ1) is 14.7. The largest absolute Gasteiger partial charge is 0.508 e. The molecule has 0 aliphatic heterocycles. The maximum Gasteiger partial charge on any atom is 0.338 e. The molecular weight excluding hydrogens is 268 g/mol. The molecule has 2 rings (SSSR count). The van der Waals surface area contributed by atoms with Crippen molar-refractivity contribution in [2.45, 2.75) is 13.8 Å². The van der Waals surface area contributed by atoms with Crippen LogP contribution in [0.5, 0.6) is 5.75 Å². The van der Waals surface area contributed by atoms with Crippen LogP contribution >= 0.6 is 0 Å². The standard InChI is InChI=1S/C16H16N2O3/c1-3-21-16(20)12-4-6-13(7-5-12)17-18-14-8-9-15(19)11(2)10-14/h4-10,19H,3H2,1-2H3. The molecule has 0 unspecified atom stereocenters. The quantitative estimate of drug-likeness (QED) is 0.672. The highest BCUT2D eigenvalue weighted by atomic mass is 16.5. The highest BCUT2D eigenvalue weighted by Gasteiger charge is 2.05. The van der Waals surface area contributed by atoms with Gasteiger partial charge in [0.15, 0.2) is 0 Å². The highest BCUT2D eigenvalue weighted by molar-refractivity contribution is 5.89. The van der Waals surface area contributed by atoms with Gasteiger partial charge >= 0.3 is 5.97 Å². The van der Waals surface area contributed by atoms with Crippen LogP contribution in [-0.4, -0.2) is 17.7 Å². The number of azo groups is 1. The van der Waals surface area contributed by atoms with E-state index < -0.39 is 0 Å². The topological polar surface area (TPSA) is 71.2 Å². The van der Waals surface area contributed by atoms with Crippen LogP contribution in [0.4, 0.5) is 11.4 Å². The molecular formula is C16H16N2O3. The van der Waals surface area contributed by atoms with Gasteiger partial charge < -0.3 is 9.84 Å². The summed E-state index contributed by atoms with van der Waals surface area (Å²) in [7, 11) is 0. The summed E-state index contributed by atoms with van der Waals surface area (Å²) >= 11 is 0. The zero-order valence-electron chi connectivity index (χ0n) is 11.9. The molecule has 0 fully saturated rings. The van der Waals surface area contributed by atoms with Crippen molar-refractivity contribution < 1.29 is 14.6 Å². The lowest BCUT2D eigenvalue weighted by atomic mass is 10.2. The Labute approximate surface area is 122 Å². The van der Waals surface area contributed by atoms with Crippen LogP contribution in [0.25, 0.3) is 0 Å². The van der Waals surface area contributed by atoms with E-state index in [0.717, 1.165) is 5.56 Å². The number of phenolic OH excluding ortho intramolecular Hbond substituents is 1. The minimum absolute atomic E-state index is 0.229. The zero-order valence-corrected chi connectivity index (χ0v) is 11.9. The van der Waals surface area contributed by atoms with Crippen molar-refractivity contribution >= 4 is 17.3 Å². The van der Waals surface area contributed by atoms with Gasteiger partial charge in [0.05, 0.1) is 23.5 Å². The van der Waals surface area contributed by atoms with E-state index >= 15 is 0 Å². The molecule has 5 heteroatoms. The fraction of sp³-hybridized carbons (Fsp3) is 0.188. The molecule has 0 heterocycles. The average molecular weight is 284 g/mol. The molecule has 0 amide bonds. The smallest absolute Gasteiger partial charge is 0.338 e. The fourth-order valence-corrected chi connectivity index (χ4v) is 1.70. The Balaban J connectivity index is 2.10. The summed E-state index contributed by atoms with van der Waals surface area (Å²) < 4.78 is 4.90. The Bertz CT molecular complexity index is 664. The van der Waals surface area contributed by atoms with Crippen molar-refractivity contribution in [3.8, 4) is 5.75 Å². The number of carbonyl (C=O) groups excluding carboxylic acids is 1. The third-order valence-electron chi connectivity index (χ3n) is 2.84. The van der Waals surface area contributed by atoms with E-state index in [1.165, 1.54) is 0 Å². The van der Waals surface area contributed by atoms with Crippen molar-refractivity contribution in [2.24, 2.45) is 10.2 Å². The molecule has 0 spiro atoms. The number of esters is 1. The summed E-state index contributed by atoms with van der Waals surface area (Å²) in [5.41, 5.74) is 2.51. The molecule has 0 atom stereocenters. The number of hydrogen-bond acceptors (Lipinski definition) is 5. The normalized spacial score (nSPS) is 10.8. The lowest BCUT2D eigenvalue weighted by molar-refractivity contribution is 0.0526. The number of nitrogens with zero attached hydrogens (tertiary/aromatic N) is 2. The Kier molecular flexibility index (Phi) is 4.66. The van der Waals surface area contributed by atoms with E-state index in [1.54, 1.807) is 56.3 Å². The van der Waals surface area contributed by atoms with Crippen LogP contribution in [0.2, 0.25) is 0 Å². The van der Waals surface area contributed by atoms with E-state index in [1.807, 2.05) is 0 Å². The van der Waals surface area contributed by atoms with Crippen LogP contribution in [0.1, 0.15) is 22.8 Å². The van der Waals surface area contributed by atoms with Crippen molar-refractivity contribution in [3.05, 3.63) is 53.6 Å². The summed E-state index contributed by atoms with van der Waals surface area (Å²) in [5.74, 6) is -0.122. The second-order valence-electron chi connectivity index (χ2n) is 4.44. The lowest BCUT2D eigenvalue weighted by Gasteiger charge is -2.01. The van der Waals surface area contributed by atoms with Crippen LogP contribution < -0.4 is 0 Å². The van der Waals surface area contributed by atoms with E-state index in [0.29, 0.717) is 23.5 Å². The van der Waals surface area contributed by atoms with E-state index in [2.05, 4.69) is 10.2 Å². The molecule has 0 saturated carbocycles. The number of hydrogen-bond donors (Lipinski definition) is 1. The third kappa shape index (κ3) is 3.89. The molecule has 0 radical (unpaired) electrons. The first-order chi connectivity index (χ1) is 10.1. The number of rotatable bonds is 4. The monoisotopic (exact) mass is 284 g/mol. The van der Waals surface area contributed by atoms with Crippen molar-refractivity contribution in [1.82, 2.24) is 0 Å². The van der Waals surface area contributed by atoms with Crippen molar-refractivity contribution in [1.29, 1.82) is 0 Å². The number of ether oxygens (including phenoxy) is 1.